The summed E-state index contributed by atoms with van der Waals surface area (Å²) in [5.41, 5.74) is -0.536. The average molecular weight is 475 g/mol. The van der Waals surface area contributed by atoms with Gasteiger partial charge >= 0.3 is 6.16 Å². The van der Waals surface area contributed by atoms with Crippen LogP contribution in [0.5, 0.6) is 0 Å². The van der Waals surface area contributed by atoms with Gasteiger partial charge < -0.3 is 13.9 Å². The Kier molecular flexibility index (Phi) is 4.67. The van der Waals surface area contributed by atoms with Gasteiger partial charge in [-0.15, -0.1) is 0 Å². The average Bonchev–Trinajstić information content (AvgIpc) is 2.95. The Morgan fingerprint density at radius 1 is 1.15 bits per heavy atom. The van der Waals surface area contributed by atoms with Crippen molar-refractivity contribution in [1.82, 2.24) is 0 Å². The van der Waals surface area contributed by atoms with Crippen LogP contribution in [-0.2, 0) is 18.7 Å². The molecule has 6 heteroatoms. The van der Waals surface area contributed by atoms with E-state index in [9.17, 15) is 9.59 Å². The molecule has 4 aliphatic carbocycles. The van der Waals surface area contributed by atoms with Crippen LogP contribution < -0.4 is 0 Å². The molecule has 0 aromatic rings. The Morgan fingerprint density at radius 2 is 1.79 bits per heavy atom. The van der Waals surface area contributed by atoms with Crippen molar-refractivity contribution in [2.24, 2.45) is 40.4 Å². The van der Waals surface area contributed by atoms with Crippen molar-refractivity contribution in [1.29, 1.82) is 0 Å². The van der Waals surface area contributed by atoms with Crippen molar-refractivity contribution in [3.8, 4) is 0 Å². The van der Waals surface area contributed by atoms with E-state index >= 15 is 0 Å². The van der Waals surface area contributed by atoms with E-state index in [0.29, 0.717) is 18.3 Å². The van der Waals surface area contributed by atoms with E-state index in [-0.39, 0.29) is 40.1 Å². The monoisotopic (exact) mass is 474 g/mol. The molecule has 9 atom stereocenters. The first-order valence-corrected chi connectivity index (χ1v) is 15.7. The Bertz CT molecular complexity index is 945. The second-order valence-electron chi connectivity index (χ2n) is 14.0. The highest BCUT2D eigenvalue weighted by Gasteiger charge is 2.80. The number of fused-ring (bicyclic) bond motifs is 3. The number of rotatable bonds is 2. The first kappa shape index (κ1) is 23.6. The topological polar surface area (TPSA) is 61.8 Å². The summed E-state index contributed by atoms with van der Waals surface area (Å²) in [7, 11) is -2.20. The van der Waals surface area contributed by atoms with Crippen LogP contribution in [0.15, 0.2) is 11.6 Å². The number of Topliss-reactive ketones (excluding diaryl/α,β-unsaturated/α-hetero) is 1. The molecule has 3 saturated carbocycles. The Balaban J connectivity index is 1.73. The van der Waals surface area contributed by atoms with Crippen LogP contribution in [0.25, 0.3) is 0 Å². The molecular formula is C27H42O5Si. The lowest BCUT2D eigenvalue weighted by Gasteiger charge is -2.45. The van der Waals surface area contributed by atoms with E-state index in [1.54, 1.807) is 0 Å². The quantitative estimate of drug-likeness (QED) is 0.273. The van der Waals surface area contributed by atoms with Crippen molar-refractivity contribution < 1.29 is 23.5 Å². The van der Waals surface area contributed by atoms with E-state index in [1.165, 1.54) is 0 Å². The summed E-state index contributed by atoms with van der Waals surface area (Å²) in [5.74, 6) is 0.775. The predicted octanol–water partition coefficient (Wildman–Crippen LogP) is 6.13. The maximum Gasteiger partial charge on any atom is 0.509 e. The van der Waals surface area contributed by atoms with E-state index < -0.39 is 31.6 Å². The number of hydrogen-bond donors (Lipinski definition) is 0. The van der Waals surface area contributed by atoms with Gasteiger partial charge in [0.25, 0.3) is 0 Å². The minimum atomic E-state index is -2.20. The number of carbonyl (C=O) groups excluding carboxylic acids is 2. The van der Waals surface area contributed by atoms with Crippen LogP contribution in [0.1, 0.15) is 68.2 Å². The lowest BCUT2D eigenvalue weighted by atomic mass is 9.59. The second kappa shape index (κ2) is 6.54. The molecular weight excluding hydrogens is 432 g/mol. The number of ether oxygens (including phenoxy) is 2. The summed E-state index contributed by atoms with van der Waals surface area (Å²) in [4.78, 5) is 27.6. The molecule has 0 aromatic heterocycles. The minimum absolute atomic E-state index is 0.0170. The molecule has 2 unspecified atom stereocenters. The zero-order valence-electron chi connectivity index (χ0n) is 22.1. The molecule has 0 N–H and O–H groups in total. The van der Waals surface area contributed by atoms with Gasteiger partial charge in [-0.1, -0.05) is 60.1 Å². The van der Waals surface area contributed by atoms with Crippen LogP contribution in [0.4, 0.5) is 4.79 Å². The third-order valence-electron chi connectivity index (χ3n) is 10.9. The van der Waals surface area contributed by atoms with Crippen molar-refractivity contribution in [2.75, 3.05) is 0 Å². The second-order valence-corrected chi connectivity index (χ2v) is 18.8. The summed E-state index contributed by atoms with van der Waals surface area (Å²) in [6.07, 6.45) is 2.32. The van der Waals surface area contributed by atoms with E-state index in [2.05, 4.69) is 74.6 Å². The van der Waals surface area contributed by atoms with Crippen molar-refractivity contribution >= 4 is 20.3 Å². The molecule has 2 spiro atoms. The van der Waals surface area contributed by atoms with Gasteiger partial charge in [-0.05, 0) is 54.6 Å². The van der Waals surface area contributed by atoms with Gasteiger partial charge in [-0.25, -0.2) is 4.79 Å². The Hall–Kier alpha value is -1.14. The number of ketones is 1. The van der Waals surface area contributed by atoms with Gasteiger partial charge in [-0.3, -0.25) is 4.79 Å². The molecule has 2 bridgehead atoms. The van der Waals surface area contributed by atoms with Crippen LogP contribution in [0.2, 0.25) is 18.1 Å². The van der Waals surface area contributed by atoms with Crippen molar-refractivity contribution in [3.05, 3.63) is 11.6 Å². The fraction of sp³-hybridized carbons (Fsp3) is 0.852. The standard InChI is InChI=1S/C27H42O5Si/c1-14-12-26-15(2)11-17-19(25(17,7)8)18(21(26)28)20(32-33(9,10)24(4,5)6)16(3)22-27(26,13-14)31-23(29)30-22/h12,15-20,22H,11,13H2,1-10H3/t15-,16+,17-,18?,19?,20-,22-,26+,27-/m1/s1. The molecule has 5 rings (SSSR count). The van der Waals surface area contributed by atoms with E-state index in [0.717, 1.165) is 12.0 Å². The molecule has 1 heterocycles. The van der Waals surface area contributed by atoms with Gasteiger partial charge in [0.1, 0.15) is 0 Å². The predicted molar refractivity (Wildman–Crippen MR) is 129 cm³/mol. The molecule has 1 saturated heterocycles. The van der Waals surface area contributed by atoms with Gasteiger partial charge in [0.15, 0.2) is 25.8 Å². The normalized spacial score (nSPS) is 47.9. The third-order valence-corrected chi connectivity index (χ3v) is 15.3. The summed E-state index contributed by atoms with van der Waals surface area (Å²) >= 11 is 0. The minimum Gasteiger partial charge on any atom is -0.426 e. The van der Waals surface area contributed by atoms with Crippen LogP contribution in [-0.4, -0.2) is 38.1 Å². The molecule has 0 amide bonds. The van der Waals surface area contributed by atoms with Gasteiger partial charge in [0.2, 0.25) is 0 Å². The lowest BCUT2D eigenvalue weighted by Crippen LogP contribution is -2.59. The molecule has 5 nitrogen and oxygen atoms in total. The van der Waals surface area contributed by atoms with Crippen LogP contribution >= 0.6 is 0 Å². The largest absolute Gasteiger partial charge is 0.509 e. The third kappa shape index (κ3) is 2.74. The first-order valence-electron chi connectivity index (χ1n) is 12.8. The highest BCUT2D eigenvalue weighted by atomic mass is 28.4. The van der Waals surface area contributed by atoms with Crippen molar-refractivity contribution in [3.63, 3.8) is 0 Å². The zero-order valence-corrected chi connectivity index (χ0v) is 23.1. The maximum absolute atomic E-state index is 14.9. The van der Waals surface area contributed by atoms with Crippen LogP contribution in [0, 0.1) is 40.4 Å². The highest BCUT2D eigenvalue weighted by Crippen LogP contribution is 2.74. The lowest BCUT2D eigenvalue weighted by molar-refractivity contribution is -0.148. The SMILES string of the molecule is CC1=C[C@@]23C(=O)C(C4[C@@H](C[C@H]2C)C4(C)C)[C@H](O[Si](C)(C)C(C)(C)C)[C@H](C)[C@H]2OC(=O)O[C@]23C1. The number of carbonyl (C=O) groups is 2. The molecule has 184 valence electrons. The molecule has 0 radical (unpaired) electrons. The fourth-order valence-electron chi connectivity index (χ4n) is 8.13. The molecule has 1 aliphatic heterocycles. The fourth-order valence-corrected chi connectivity index (χ4v) is 9.52. The smallest absolute Gasteiger partial charge is 0.426 e. The van der Waals surface area contributed by atoms with Crippen LogP contribution in [0.3, 0.4) is 0 Å². The number of hydrogen-bond acceptors (Lipinski definition) is 5. The molecule has 5 aliphatic rings. The summed E-state index contributed by atoms with van der Waals surface area (Å²) in [6.45, 7) is 22.3. The highest BCUT2D eigenvalue weighted by molar-refractivity contribution is 6.74. The Labute approximate surface area is 200 Å². The van der Waals surface area contributed by atoms with E-state index in [4.69, 9.17) is 13.9 Å². The van der Waals surface area contributed by atoms with Crippen molar-refractivity contribution in [2.45, 2.75) is 104 Å². The van der Waals surface area contributed by atoms with Gasteiger partial charge in [0.05, 0.1) is 11.5 Å². The molecule has 33 heavy (non-hydrogen) atoms. The first-order chi connectivity index (χ1) is 15.0. The summed E-state index contributed by atoms with van der Waals surface area (Å²) in [6, 6.07) is 0. The molecule has 0 aromatic carbocycles. The van der Waals surface area contributed by atoms with Gasteiger partial charge in [-0.2, -0.15) is 0 Å². The Morgan fingerprint density at radius 3 is 2.39 bits per heavy atom. The van der Waals surface area contributed by atoms with E-state index in [1.807, 2.05) is 0 Å². The molecule has 4 fully saturated rings. The zero-order chi connectivity index (χ0) is 24.5. The van der Waals surface area contributed by atoms with Gasteiger partial charge in [0, 0.05) is 18.3 Å². The summed E-state index contributed by atoms with van der Waals surface area (Å²) in [5, 5.41) is 0.0170. The maximum atomic E-state index is 14.9. The summed E-state index contributed by atoms with van der Waals surface area (Å²) < 4.78 is 19.3.